The van der Waals surface area contributed by atoms with Gasteiger partial charge in [-0.2, -0.15) is 4.98 Å². The maximum Gasteiger partial charge on any atom is 0.320 e. The van der Waals surface area contributed by atoms with Crippen LogP contribution < -0.4 is 5.32 Å². The molecule has 1 heterocycles. The van der Waals surface area contributed by atoms with Gasteiger partial charge in [-0.3, -0.25) is 10.1 Å². The number of carbonyl (C=O) groups is 1. The summed E-state index contributed by atoms with van der Waals surface area (Å²) in [6, 6.07) is -0.634. The third kappa shape index (κ3) is 3.30. The van der Waals surface area contributed by atoms with Gasteiger partial charge < -0.3 is 9.63 Å². The molecule has 0 saturated carbocycles. The van der Waals surface area contributed by atoms with Crippen LogP contribution in [0.1, 0.15) is 39.4 Å². The first-order valence-electron chi connectivity index (χ1n) is 5.10. The number of carboxylic acid groups (broad SMARTS) is 1. The molecule has 6 heteroatoms. The monoisotopic (exact) mass is 227 g/mol. The first kappa shape index (κ1) is 12.6. The Bertz CT molecular complexity index is 368. The van der Waals surface area contributed by atoms with E-state index in [4.69, 9.17) is 9.63 Å². The van der Waals surface area contributed by atoms with Crippen molar-refractivity contribution in [1.82, 2.24) is 15.5 Å². The number of carboxylic acids is 1. The molecule has 6 nitrogen and oxygen atoms in total. The lowest BCUT2D eigenvalue weighted by atomic mass is 9.96. The second-order valence-corrected chi connectivity index (χ2v) is 4.70. The van der Waals surface area contributed by atoms with Gasteiger partial charge in [-0.15, -0.1) is 0 Å². The van der Waals surface area contributed by atoms with Crippen LogP contribution in [0.5, 0.6) is 0 Å². The zero-order valence-corrected chi connectivity index (χ0v) is 9.94. The molecule has 1 rings (SSSR count). The van der Waals surface area contributed by atoms with Crippen molar-refractivity contribution in [2.45, 2.75) is 45.7 Å². The molecule has 16 heavy (non-hydrogen) atoms. The van der Waals surface area contributed by atoms with Crippen LogP contribution in [0, 0.1) is 0 Å². The SMILES string of the molecule is CC(NCc1nc(C(C)(C)C)no1)C(=O)O. The minimum absolute atomic E-state index is 0.167. The average molecular weight is 227 g/mol. The molecule has 0 aliphatic heterocycles. The minimum atomic E-state index is -0.907. The largest absolute Gasteiger partial charge is 0.480 e. The van der Waals surface area contributed by atoms with Gasteiger partial charge in [0.1, 0.15) is 6.04 Å². The summed E-state index contributed by atoms with van der Waals surface area (Å²) in [5, 5.41) is 15.3. The summed E-state index contributed by atoms with van der Waals surface area (Å²) >= 11 is 0. The zero-order valence-electron chi connectivity index (χ0n) is 9.94. The molecule has 2 N–H and O–H groups in total. The highest BCUT2D eigenvalue weighted by Crippen LogP contribution is 2.18. The fourth-order valence-electron chi connectivity index (χ4n) is 0.959. The highest BCUT2D eigenvalue weighted by atomic mass is 16.5. The summed E-state index contributed by atoms with van der Waals surface area (Å²) in [5.41, 5.74) is -0.167. The summed E-state index contributed by atoms with van der Waals surface area (Å²) in [5.74, 6) is 0.112. The molecule has 0 saturated heterocycles. The Kier molecular flexibility index (Phi) is 3.64. The highest BCUT2D eigenvalue weighted by molar-refractivity contribution is 5.72. The quantitative estimate of drug-likeness (QED) is 0.795. The molecule has 1 unspecified atom stereocenters. The molecule has 0 aromatic carbocycles. The Balaban J connectivity index is 2.57. The van der Waals surface area contributed by atoms with Crippen molar-refractivity contribution in [3.63, 3.8) is 0 Å². The molecule has 0 spiro atoms. The summed E-state index contributed by atoms with van der Waals surface area (Å²) in [6.07, 6.45) is 0. The maximum atomic E-state index is 10.6. The van der Waals surface area contributed by atoms with Gasteiger partial charge >= 0.3 is 5.97 Å². The molecule has 0 bridgehead atoms. The van der Waals surface area contributed by atoms with E-state index < -0.39 is 12.0 Å². The Hall–Kier alpha value is -1.43. The molecule has 0 radical (unpaired) electrons. The van der Waals surface area contributed by atoms with E-state index in [1.54, 1.807) is 6.92 Å². The molecular formula is C10H17N3O3. The van der Waals surface area contributed by atoms with Gasteiger partial charge in [-0.1, -0.05) is 25.9 Å². The van der Waals surface area contributed by atoms with Gasteiger partial charge in [0.25, 0.3) is 0 Å². The van der Waals surface area contributed by atoms with E-state index in [0.29, 0.717) is 11.7 Å². The molecule has 0 aliphatic rings. The van der Waals surface area contributed by atoms with Gasteiger partial charge in [0.2, 0.25) is 5.89 Å². The number of aliphatic carboxylic acids is 1. The summed E-state index contributed by atoms with van der Waals surface area (Å²) < 4.78 is 5.00. The first-order chi connectivity index (χ1) is 7.30. The third-order valence-corrected chi connectivity index (χ3v) is 2.07. The van der Waals surface area contributed by atoms with E-state index in [1.807, 2.05) is 20.8 Å². The number of aromatic nitrogens is 2. The molecule has 1 aromatic rings. The molecule has 1 atom stereocenters. The zero-order chi connectivity index (χ0) is 12.3. The predicted octanol–water partition coefficient (Wildman–Crippen LogP) is 0.930. The molecule has 0 aliphatic carbocycles. The molecule has 0 fully saturated rings. The van der Waals surface area contributed by atoms with Gasteiger partial charge in [0, 0.05) is 5.41 Å². The lowest BCUT2D eigenvalue weighted by molar-refractivity contribution is -0.139. The Morgan fingerprint density at radius 2 is 2.19 bits per heavy atom. The van der Waals surface area contributed by atoms with E-state index >= 15 is 0 Å². The van der Waals surface area contributed by atoms with Crippen molar-refractivity contribution in [3.05, 3.63) is 11.7 Å². The van der Waals surface area contributed by atoms with Crippen LogP contribution in [0.3, 0.4) is 0 Å². The van der Waals surface area contributed by atoms with Crippen molar-refractivity contribution in [1.29, 1.82) is 0 Å². The number of nitrogens with zero attached hydrogens (tertiary/aromatic N) is 2. The summed E-state index contributed by atoms with van der Waals surface area (Å²) in [6.45, 7) is 7.76. The topological polar surface area (TPSA) is 88.3 Å². The minimum Gasteiger partial charge on any atom is -0.480 e. The van der Waals surface area contributed by atoms with E-state index in [0.717, 1.165) is 0 Å². The van der Waals surface area contributed by atoms with Gasteiger partial charge in [0.15, 0.2) is 5.82 Å². The lowest BCUT2D eigenvalue weighted by Crippen LogP contribution is -2.33. The summed E-state index contributed by atoms with van der Waals surface area (Å²) in [7, 11) is 0. The number of nitrogens with one attached hydrogen (secondary N) is 1. The second-order valence-electron chi connectivity index (χ2n) is 4.70. The van der Waals surface area contributed by atoms with Crippen LogP contribution in [0.15, 0.2) is 4.52 Å². The van der Waals surface area contributed by atoms with Crippen LogP contribution in [0.4, 0.5) is 0 Å². The maximum absolute atomic E-state index is 10.6. The Morgan fingerprint density at radius 3 is 2.62 bits per heavy atom. The molecule has 0 amide bonds. The van der Waals surface area contributed by atoms with E-state index in [9.17, 15) is 4.79 Å². The number of rotatable bonds is 4. The van der Waals surface area contributed by atoms with Crippen molar-refractivity contribution in [2.24, 2.45) is 0 Å². The Morgan fingerprint density at radius 1 is 1.56 bits per heavy atom. The number of hydrogen-bond acceptors (Lipinski definition) is 5. The van der Waals surface area contributed by atoms with Gasteiger partial charge in [-0.05, 0) is 6.92 Å². The van der Waals surface area contributed by atoms with Crippen LogP contribution in [0.2, 0.25) is 0 Å². The normalized spacial score (nSPS) is 13.8. The Labute approximate surface area is 94.0 Å². The highest BCUT2D eigenvalue weighted by Gasteiger charge is 2.21. The van der Waals surface area contributed by atoms with Crippen molar-refractivity contribution in [2.75, 3.05) is 0 Å². The average Bonchev–Trinajstić information content (AvgIpc) is 2.61. The smallest absolute Gasteiger partial charge is 0.320 e. The standard InChI is InChI=1S/C10H17N3O3/c1-6(8(14)15)11-5-7-12-9(13-16-7)10(2,3)4/h6,11H,5H2,1-4H3,(H,14,15). The fraction of sp³-hybridized carbons (Fsp3) is 0.700. The van der Waals surface area contributed by atoms with E-state index in [2.05, 4.69) is 15.5 Å². The van der Waals surface area contributed by atoms with Gasteiger partial charge in [0.05, 0.1) is 6.54 Å². The van der Waals surface area contributed by atoms with Crippen molar-refractivity contribution in [3.8, 4) is 0 Å². The lowest BCUT2D eigenvalue weighted by Gasteiger charge is -2.11. The fourth-order valence-corrected chi connectivity index (χ4v) is 0.959. The summed E-state index contributed by atoms with van der Waals surface area (Å²) in [4.78, 5) is 14.7. The molecule has 90 valence electrons. The number of hydrogen-bond donors (Lipinski definition) is 2. The van der Waals surface area contributed by atoms with Crippen molar-refractivity contribution >= 4 is 5.97 Å². The van der Waals surface area contributed by atoms with E-state index in [-0.39, 0.29) is 12.0 Å². The van der Waals surface area contributed by atoms with Crippen LogP contribution in [0.25, 0.3) is 0 Å². The van der Waals surface area contributed by atoms with Crippen LogP contribution in [-0.2, 0) is 16.8 Å². The van der Waals surface area contributed by atoms with Gasteiger partial charge in [-0.25, -0.2) is 0 Å². The molecular weight excluding hydrogens is 210 g/mol. The third-order valence-electron chi connectivity index (χ3n) is 2.07. The van der Waals surface area contributed by atoms with Crippen molar-refractivity contribution < 1.29 is 14.4 Å². The van der Waals surface area contributed by atoms with Crippen LogP contribution >= 0.6 is 0 Å². The van der Waals surface area contributed by atoms with Crippen LogP contribution in [-0.4, -0.2) is 27.3 Å². The predicted molar refractivity (Wildman–Crippen MR) is 56.9 cm³/mol. The first-order valence-corrected chi connectivity index (χ1v) is 5.10. The molecule has 1 aromatic heterocycles. The van der Waals surface area contributed by atoms with E-state index in [1.165, 1.54) is 0 Å². The second kappa shape index (κ2) is 4.61.